The Hall–Kier alpha value is -9.48. The van der Waals surface area contributed by atoms with Gasteiger partial charge in [0.25, 0.3) is 0 Å². The molecule has 0 fully saturated rings. The van der Waals surface area contributed by atoms with Crippen LogP contribution < -0.4 is 0 Å². The summed E-state index contributed by atoms with van der Waals surface area (Å²) in [6.07, 6.45) is 18.9. The summed E-state index contributed by atoms with van der Waals surface area (Å²) >= 11 is 17.0. The van der Waals surface area contributed by atoms with Crippen LogP contribution in [0.4, 0.5) is 0 Å². The van der Waals surface area contributed by atoms with E-state index in [1.165, 1.54) is 120 Å². The smallest absolute Gasteiger partial charge is 0.160 e. The van der Waals surface area contributed by atoms with Crippen molar-refractivity contribution in [3.05, 3.63) is 374 Å². The number of halogens is 2. The number of carbonyl (C=O) groups is 6. The highest BCUT2D eigenvalue weighted by Crippen LogP contribution is 2.63. The lowest BCUT2D eigenvalue weighted by Crippen LogP contribution is -2.42. The highest BCUT2D eigenvalue weighted by atomic mass is 79.9. The summed E-state index contributed by atoms with van der Waals surface area (Å²) in [4.78, 5) is 114. The maximum Gasteiger partial charge on any atom is 0.160 e. The Morgan fingerprint density at radius 2 is 0.561 bits per heavy atom. The van der Waals surface area contributed by atoms with Crippen molar-refractivity contribution in [3.63, 3.8) is 0 Å². The number of ketones is 6. The van der Waals surface area contributed by atoms with Gasteiger partial charge in [-0.25, -0.2) is 29.9 Å². The first-order valence-corrected chi connectivity index (χ1v) is 59.9. The predicted molar refractivity (Wildman–Crippen MR) is 617 cm³/mol. The van der Waals surface area contributed by atoms with Crippen LogP contribution >= 0.6 is 99.9 Å². The summed E-state index contributed by atoms with van der Waals surface area (Å²) in [6, 6.07) is 55.1. The van der Waals surface area contributed by atoms with Gasteiger partial charge in [0.2, 0.25) is 0 Å². The molecule has 12 aromatic rings. The molecule has 0 saturated heterocycles. The van der Waals surface area contributed by atoms with Crippen LogP contribution in [-0.2, 0) is 99.8 Å². The zero-order chi connectivity index (χ0) is 107. The topological polar surface area (TPSA) is 180 Å². The first-order chi connectivity index (χ1) is 71.3. The number of fused-ring (bicyclic) bond motifs is 6. The number of aryl methyl sites for hydroxylation is 2. The van der Waals surface area contributed by atoms with Crippen molar-refractivity contribution in [1.29, 1.82) is 0 Å². The van der Waals surface area contributed by atoms with Gasteiger partial charge >= 0.3 is 0 Å². The van der Waals surface area contributed by atoms with E-state index in [1.807, 2.05) is 70.6 Å². The van der Waals surface area contributed by atoms with Crippen molar-refractivity contribution in [1.82, 2.24) is 29.9 Å². The molecule has 770 valence electrons. The predicted octanol–water partition coefficient (Wildman–Crippen LogP) is 32.9. The van der Waals surface area contributed by atoms with Crippen LogP contribution in [0.15, 0.2) is 267 Å². The van der Waals surface area contributed by atoms with E-state index in [9.17, 15) is 28.8 Å². The van der Waals surface area contributed by atoms with Crippen LogP contribution in [0, 0.1) is 46.8 Å². The number of nitrogens with zero attached hydrogens (tertiary/aromatic N) is 6. The van der Waals surface area contributed by atoms with Gasteiger partial charge in [-0.1, -0.05) is 335 Å². The standard InChI is InChI=1S/2C22H25NOS.2C21H22BrNOS.C21H23NOS.C21H25NOS/c2*1-5-22(16-8-6-14(2)7-9-16)19-15(10-17-20(22)25-13-23-17)11-21(3,4)12-18(19)24;2*1-4-21(14-6-5-7-15(22)9-14)18-13(8-16-19(21)25-12-23-16)10-20(2,3)11-17(18)24;1-4-21(15-8-6-5-7-9-15)18-14(10-16-19(21)24-13-22-16)11-20(2,3)12-17(18)23;1-5-21(17-9-7-6-8-10-17)19(15(4)23)16(11-14(2)3)12-18-20(21)24-13-22-18/h2*6-9,13H,5,10-12H2,1-4H3;2*5-7,9,12H,4,8,10-11H2,1-3H3;5-9,13H,4,10-12H2,1-3H3;6-10,13-14H,5,11-12H2,1-4H3/t22-;;21-;;21-;/m1.1.1./s1/i;;;;2*13D. The van der Waals surface area contributed by atoms with Crippen molar-refractivity contribution < 1.29 is 31.5 Å². The lowest BCUT2D eigenvalue weighted by atomic mass is 9.59. The van der Waals surface area contributed by atoms with Gasteiger partial charge in [-0.05, 0) is 188 Å². The Bertz CT molecular complexity index is 7080. The van der Waals surface area contributed by atoms with Crippen molar-refractivity contribution in [2.45, 2.75) is 326 Å². The third kappa shape index (κ3) is 19.5. The molecule has 3 unspecified atom stereocenters. The van der Waals surface area contributed by atoms with Crippen LogP contribution in [0.2, 0.25) is 0 Å². The second kappa shape index (κ2) is 42.2. The molecule has 20 heteroatoms. The van der Waals surface area contributed by atoms with Gasteiger partial charge < -0.3 is 0 Å². The van der Waals surface area contributed by atoms with Crippen LogP contribution in [-0.4, -0.2) is 64.6 Å². The maximum absolute atomic E-state index is 13.3. The number of hydrogen-bond acceptors (Lipinski definition) is 18. The molecule has 0 radical (unpaired) electrons. The van der Waals surface area contributed by atoms with Gasteiger partial charge in [-0.2, -0.15) is 0 Å². The number of carbonyl (C=O) groups excluding carboxylic acids is 6. The summed E-state index contributed by atoms with van der Waals surface area (Å²) < 4.78 is 18.3. The van der Waals surface area contributed by atoms with Crippen LogP contribution in [0.3, 0.4) is 0 Å². The Balaban J connectivity index is 0.000000117. The second-order valence-electron chi connectivity index (χ2n) is 47.5. The van der Waals surface area contributed by atoms with Gasteiger partial charge in [0.05, 0.1) is 102 Å². The minimum Gasteiger partial charge on any atom is -0.295 e. The molecule has 23 rings (SSSR count). The number of benzene rings is 6. The van der Waals surface area contributed by atoms with E-state index in [0.717, 1.165) is 195 Å². The highest BCUT2D eigenvalue weighted by molar-refractivity contribution is 9.10. The van der Waals surface area contributed by atoms with Crippen LogP contribution in [0.1, 0.15) is 351 Å². The normalized spacial score (nSPS) is 24.4. The third-order valence-corrected chi connectivity index (χ3v) is 40.6. The summed E-state index contributed by atoms with van der Waals surface area (Å²) in [5.74, 6) is 2.24. The van der Waals surface area contributed by atoms with Crippen molar-refractivity contribution >= 4 is 135 Å². The molecule has 12 nitrogen and oxygen atoms in total. The molecule has 0 spiro atoms. The minimum absolute atomic E-state index is 0.00338. The van der Waals surface area contributed by atoms with E-state index in [1.54, 1.807) is 52.3 Å². The quantitative estimate of drug-likeness (QED) is 0.0949. The lowest BCUT2D eigenvalue weighted by molar-refractivity contribution is -0.119. The van der Waals surface area contributed by atoms with E-state index in [0.29, 0.717) is 78.5 Å². The van der Waals surface area contributed by atoms with Gasteiger partial charge in [0, 0.05) is 142 Å². The molecule has 11 aliphatic carbocycles. The number of hydrogen-bond donors (Lipinski definition) is 0. The fraction of sp³-hybridized carbons (Fsp3) is 0.438. The molecule has 6 aromatic heterocycles. The van der Waals surface area contributed by atoms with E-state index >= 15 is 0 Å². The second-order valence-corrected chi connectivity index (χ2v) is 54.3. The summed E-state index contributed by atoms with van der Waals surface area (Å²) in [7, 11) is 0. The number of allylic oxidation sites excluding steroid dienone is 12. The average Bonchev–Trinajstić information content (AvgIpc) is 0.919. The first-order valence-electron chi connectivity index (χ1n) is 54.2. The first kappa shape index (κ1) is 106. The number of thiazole rings is 6. The minimum atomic E-state index is -0.470. The van der Waals surface area contributed by atoms with E-state index in [-0.39, 0.29) is 60.3 Å². The molecule has 6 atom stereocenters. The van der Waals surface area contributed by atoms with Crippen molar-refractivity contribution in [2.75, 3.05) is 0 Å². The Morgan fingerprint density at radius 1 is 0.318 bits per heavy atom. The van der Waals surface area contributed by atoms with Crippen molar-refractivity contribution in [2.24, 2.45) is 33.0 Å². The zero-order valence-corrected chi connectivity index (χ0v) is 98.1. The molecule has 0 saturated carbocycles. The van der Waals surface area contributed by atoms with Crippen molar-refractivity contribution in [3.8, 4) is 0 Å². The fourth-order valence-corrected chi connectivity index (χ4v) is 35.4. The molecule has 6 aromatic carbocycles. The lowest BCUT2D eigenvalue weighted by Gasteiger charge is -2.44. The number of rotatable bonds is 15. The fourth-order valence-electron chi connectivity index (χ4n) is 28.1. The van der Waals surface area contributed by atoms with Gasteiger partial charge in [0.1, 0.15) is 0 Å². The maximum atomic E-state index is 13.3. The van der Waals surface area contributed by atoms with Gasteiger partial charge in [-0.15, -0.1) is 68.0 Å². The monoisotopic (exact) mass is 2210 g/mol. The molecular weight excluding hydrogens is 2070 g/mol. The molecule has 11 aliphatic rings. The summed E-state index contributed by atoms with van der Waals surface area (Å²) in [5, 5.41) is 0. The highest BCUT2D eigenvalue weighted by Gasteiger charge is 2.58. The largest absolute Gasteiger partial charge is 0.295 e. The third-order valence-electron chi connectivity index (χ3n) is 33.5. The van der Waals surface area contributed by atoms with E-state index < -0.39 is 10.8 Å². The molecule has 0 amide bonds. The van der Waals surface area contributed by atoms with E-state index in [4.69, 9.17) is 2.74 Å². The summed E-state index contributed by atoms with van der Waals surface area (Å²) in [6.45, 7) is 45.5. The van der Waals surface area contributed by atoms with Gasteiger partial charge in [0.15, 0.2) is 34.7 Å². The average molecular weight is 2210 g/mol. The summed E-state index contributed by atoms with van der Waals surface area (Å²) in [5.41, 5.74) is 36.7. The Labute approximate surface area is 921 Å². The Kier molecular flexibility index (Phi) is 30.1. The van der Waals surface area contributed by atoms with Crippen LogP contribution in [0.25, 0.3) is 0 Å². The molecule has 0 aliphatic heterocycles. The molecule has 148 heavy (non-hydrogen) atoms. The molecular formula is C128H142Br2N6O6S6. The van der Waals surface area contributed by atoms with Gasteiger partial charge in [-0.3, -0.25) is 28.8 Å². The van der Waals surface area contributed by atoms with E-state index in [2.05, 4.69) is 309 Å². The molecule has 0 N–H and O–H groups in total. The molecule has 0 bridgehead atoms. The number of aromatic nitrogens is 6. The Morgan fingerprint density at radius 3 is 0.831 bits per heavy atom. The number of Topliss-reactive ketones (excluding diaryl/α,β-unsaturated/α-hetero) is 6. The SMILES string of the molecule is CCC1(c2ccc(C)cc2)C2=C(Cc3ncsc31)CC(C)(C)CC2=O.CCC1(c2cccc(Br)c2)C2=C(Cc3ncsc31)CC(C)(C)CC2=O.CC[C@@]1(c2ccc(C)cc2)C2=C(Cc3ncsc31)CC(C)(C)CC2=O.CC[C@@]1(c2cccc(Br)c2)C2=C(Cc3ncsc31)CC(C)(C)CC2=O.[2H]c1nc2c(s1)C(CC)(c1ccccc1)C(C(C)=O)=C(CC(C)C)C2.[2H]c1nc2c(s1)[C@](CC)(c1ccccc1)C1=C(C2)CC(C)(C)CC1=O. The van der Waals surface area contributed by atoms with Crippen LogP contribution in [0.5, 0.6) is 0 Å². The molecule has 6 heterocycles. The zero-order valence-electron chi connectivity index (χ0n) is 92.0.